The van der Waals surface area contributed by atoms with Crippen LogP contribution in [0.25, 0.3) is 0 Å². The number of nitrogens with zero attached hydrogens (tertiary/aromatic N) is 1. The zero-order valence-corrected chi connectivity index (χ0v) is 11.0. The Labute approximate surface area is 93.6 Å². The van der Waals surface area contributed by atoms with E-state index in [9.17, 15) is 0 Å². The lowest BCUT2D eigenvalue weighted by molar-refractivity contribution is 0.117. The van der Waals surface area contributed by atoms with Crippen LogP contribution in [0, 0.1) is 11.3 Å². The van der Waals surface area contributed by atoms with Crippen molar-refractivity contribution in [1.29, 1.82) is 0 Å². The summed E-state index contributed by atoms with van der Waals surface area (Å²) >= 11 is 1.96. The molecule has 0 saturated carbocycles. The molecule has 0 aromatic carbocycles. The summed E-state index contributed by atoms with van der Waals surface area (Å²) in [6, 6.07) is 0. The minimum absolute atomic E-state index is 0.519. The van der Waals surface area contributed by atoms with Crippen molar-refractivity contribution in [3.05, 3.63) is 0 Å². The van der Waals surface area contributed by atoms with E-state index in [1.54, 1.807) is 0 Å². The van der Waals surface area contributed by atoms with E-state index in [4.69, 9.17) is 0 Å². The van der Waals surface area contributed by atoms with Crippen LogP contribution in [0.15, 0.2) is 0 Å². The van der Waals surface area contributed by atoms with Crippen LogP contribution >= 0.6 is 11.8 Å². The topological polar surface area (TPSA) is 3.24 Å². The number of hydrogen-bond donors (Lipinski definition) is 0. The fraction of sp³-hybridized carbons (Fsp3) is 1.00. The van der Waals surface area contributed by atoms with Crippen molar-refractivity contribution in [3.63, 3.8) is 0 Å². The Morgan fingerprint density at radius 3 is 2.21 bits per heavy atom. The third-order valence-electron chi connectivity index (χ3n) is 3.42. The Kier molecular flexibility index (Phi) is 4.78. The molecule has 0 atom stereocenters. The Bertz CT molecular complexity index is 154. The van der Waals surface area contributed by atoms with Gasteiger partial charge in [-0.3, -0.25) is 0 Å². The van der Waals surface area contributed by atoms with E-state index in [0.717, 1.165) is 5.92 Å². The van der Waals surface area contributed by atoms with Gasteiger partial charge in [-0.05, 0) is 43.5 Å². The van der Waals surface area contributed by atoms with Crippen LogP contribution in [-0.4, -0.2) is 36.5 Å². The molecule has 1 rings (SSSR count). The summed E-state index contributed by atoms with van der Waals surface area (Å²) in [5.74, 6) is 2.23. The first kappa shape index (κ1) is 12.4. The molecule has 1 nitrogen and oxygen atoms in total. The lowest BCUT2D eigenvalue weighted by Crippen LogP contribution is -2.38. The number of likely N-dealkylation sites (tertiary alicyclic amines) is 1. The van der Waals surface area contributed by atoms with Crippen molar-refractivity contribution in [2.24, 2.45) is 11.3 Å². The molecule has 0 bridgehead atoms. The highest BCUT2D eigenvalue weighted by Gasteiger charge is 2.28. The zero-order chi connectivity index (χ0) is 10.6. The molecule has 0 unspecified atom stereocenters. The van der Waals surface area contributed by atoms with Gasteiger partial charge < -0.3 is 4.90 Å². The summed E-state index contributed by atoms with van der Waals surface area (Å²) in [6.45, 7) is 11.1. The van der Waals surface area contributed by atoms with Crippen LogP contribution in [0.1, 0.15) is 33.6 Å². The fourth-order valence-electron chi connectivity index (χ4n) is 2.24. The Morgan fingerprint density at radius 1 is 1.21 bits per heavy atom. The highest BCUT2D eigenvalue weighted by molar-refractivity contribution is 7.98. The SMILES string of the molecule is CSCCN1CCC(C(C)(C)C)CC1. The minimum Gasteiger partial charge on any atom is -0.302 e. The van der Waals surface area contributed by atoms with Gasteiger partial charge in [0.05, 0.1) is 0 Å². The van der Waals surface area contributed by atoms with Crippen LogP contribution in [0.2, 0.25) is 0 Å². The molecule has 14 heavy (non-hydrogen) atoms. The Balaban J connectivity index is 2.24. The Hall–Kier alpha value is 0.310. The summed E-state index contributed by atoms with van der Waals surface area (Å²) in [6.07, 6.45) is 5.00. The molecule has 1 fully saturated rings. The third-order valence-corrected chi connectivity index (χ3v) is 4.01. The summed E-state index contributed by atoms with van der Waals surface area (Å²) in [5.41, 5.74) is 0.519. The largest absolute Gasteiger partial charge is 0.302 e. The molecular weight excluding hydrogens is 190 g/mol. The number of rotatable bonds is 3. The number of piperidine rings is 1. The highest BCUT2D eigenvalue weighted by Crippen LogP contribution is 2.34. The zero-order valence-electron chi connectivity index (χ0n) is 10.2. The summed E-state index contributed by atoms with van der Waals surface area (Å²) < 4.78 is 0. The van der Waals surface area contributed by atoms with Crippen molar-refractivity contribution in [2.75, 3.05) is 31.6 Å². The van der Waals surface area contributed by atoms with Crippen LogP contribution in [0.5, 0.6) is 0 Å². The Morgan fingerprint density at radius 2 is 1.79 bits per heavy atom. The van der Waals surface area contributed by atoms with Crippen LogP contribution in [-0.2, 0) is 0 Å². The lowest BCUT2D eigenvalue weighted by Gasteiger charge is -2.38. The van der Waals surface area contributed by atoms with Gasteiger partial charge >= 0.3 is 0 Å². The van der Waals surface area contributed by atoms with Gasteiger partial charge in [-0.2, -0.15) is 11.8 Å². The standard InChI is InChI=1S/C12H25NS/c1-12(2,3)11-5-7-13(8-6-11)9-10-14-4/h11H,5-10H2,1-4H3. The van der Waals surface area contributed by atoms with Crippen molar-refractivity contribution in [2.45, 2.75) is 33.6 Å². The van der Waals surface area contributed by atoms with Crippen LogP contribution < -0.4 is 0 Å². The summed E-state index contributed by atoms with van der Waals surface area (Å²) in [7, 11) is 0. The van der Waals surface area contributed by atoms with Crippen LogP contribution in [0.4, 0.5) is 0 Å². The smallest absolute Gasteiger partial charge is 0.00722 e. The maximum absolute atomic E-state index is 2.62. The van der Waals surface area contributed by atoms with Crippen molar-refractivity contribution in [3.8, 4) is 0 Å². The van der Waals surface area contributed by atoms with E-state index < -0.39 is 0 Å². The maximum Gasteiger partial charge on any atom is 0.00722 e. The van der Waals surface area contributed by atoms with E-state index in [0.29, 0.717) is 5.41 Å². The maximum atomic E-state index is 2.62. The first-order chi connectivity index (χ1) is 6.54. The van der Waals surface area contributed by atoms with Crippen molar-refractivity contribution >= 4 is 11.8 Å². The molecule has 0 aliphatic carbocycles. The average molecular weight is 215 g/mol. The molecule has 84 valence electrons. The predicted octanol–water partition coefficient (Wildman–Crippen LogP) is 3.11. The monoisotopic (exact) mass is 215 g/mol. The lowest BCUT2D eigenvalue weighted by atomic mass is 9.75. The minimum atomic E-state index is 0.519. The third kappa shape index (κ3) is 3.82. The van der Waals surface area contributed by atoms with Gasteiger partial charge in [0.1, 0.15) is 0 Å². The van der Waals surface area contributed by atoms with Gasteiger partial charge in [-0.25, -0.2) is 0 Å². The number of hydrogen-bond acceptors (Lipinski definition) is 2. The molecule has 0 radical (unpaired) electrons. The molecule has 0 aromatic rings. The van der Waals surface area contributed by atoms with E-state index in [-0.39, 0.29) is 0 Å². The molecule has 0 aromatic heterocycles. The quantitative estimate of drug-likeness (QED) is 0.712. The average Bonchev–Trinajstić information content (AvgIpc) is 2.14. The van der Waals surface area contributed by atoms with Gasteiger partial charge in [0.25, 0.3) is 0 Å². The predicted molar refractivity (Wildman–Crippen MR) is 67.0 cm³/mol. The van der Waals surface area contributed by atoms with Crippen molar-refractivity contribution in [1.82, 2.24) is 4.90 Å². The molecule has 1 aliphatic rings. The summed E-state index contributed by atoms with van der Waals surface area (Å²) in [5, 5.41) is 0. The molecule has 0 spiro atoms. The van der Waals surface area contributed by atoms with Gasteiger partial charge in [-0.15, -0.1) is 0 Å². The van der Waals surface area contributed by atoms with E-state index in [1.165, 1.54) is 38.2 Å². The molecule has 1 saturated heterocycles. The van der Waals surface area contributed by atoms with Gasteiger partial charge in [0.2, 0.25) is 0 Å². The second-order valence-electron chi connectivity index (χ2n) is 5.47. The van der Waals surface area contributed by atoms with E-state index in [2.05, 4.69) is 31.9 Å². The molecule has 0 amide bonds. The summed E-state index contributed by atoms with van der Waals surface area (Å²) in [4.78, 5) is 2.62. The van der Waals surface area contributed by atoms with Crippen molar-refractivity contribution < 1.29 is 0 Å². The highest BCUT2D eigenvalue weighted by atomic mass is 32.2. The molecule has 0 N–H and O–H groups in total. The van der Waals surface area contributed by atoms with E-state index >= 15 is 0 Å². The molecule has 1 heterocycles. The van der Waals surface area contributed by atoms with Crippen LogP contribution in [0.3, 0.4) is 0 Å². The van der Waals surface area contributed by atoms with Gasteiger partial charge in [0.15, 0.2) is 0 Å². The first-order valence-corrected chi connectivity index (χ1v) is 7.14. The molecular formula is C12H25NS. The normalized spacial score (nSPS) is 21.4. The van der Waals surface area contributed by atoms with E-state index in [1.807, 2.05) is 11.8 Å². The van der Waals surface area contributed by atoms with Gasteiger partial charge in [-0.1, -0.05) is 20.8 Å². The molecule has 2 heteroatoms. The first-order valence-electron chi connectivity index (χ1n) is 5.75. The number of thioether (sulfide) groups is 1. The fourth-order valence-corrected chi connectivity index (χ4v) is 2.68. The second kappa shape index (κ2) is 5.41. The molecule has 1 aliphatic heterocycles. The second-order valence-corrected chi connectivity index (χ2v) is 6.46. The van der Waals surface area contributed by atoms with Gasteiger partial charge in [0, 0.05) is 12.3 Å².